The van der Waals surface area contributed by atoms with Crippen molar-refractivity contribution in [3.05, 3.63) is 71.8 Å². The maximum atomic E-state index is 12.1. The van der Waals surface area contributed by atoms with Crippen molar-refractivity contribution in [2.45, 2.75) is 19.3 Å². The Kier molecular flexibility index (Phi) is 6.23. The minimum Gasteiger partial charge on any atom is -0.307 e. The molecule has 0 saturated carbocycles. The van der Waals surface area contributed by atoms with Gasteiger partial charge in [-0.05, 0) is 11.1 Å². The molecule has 0 amide bonds. The molecule has 0 unspecified atom stereocenters. The Morgan fingerprint density at radius 2 is 1.26 bits per heavy atom. The maximum Gasteiger partial charge on any atom is 0.144 e. The molecular weight excluding hydrogens is 236 g/mol. The molecule has 0 fully saturated rings. The molecule has 0 saturated heterocycles. The van der Waals surface area contributed by atoms with E-state index in [9.17, 15) is 4.79 Å². The second-order valence-electron chi connectivity index (χ2n) is 4.07. The Morgan fingerprint density at radius 1 is 0.895 bits per heavy atom. The maximum absolute atomic E-state index is 12.1. The van der Waals surface area contributed by atoms with Gasteiger partial charge in [-0.2, -0.15) is 0 Å². The third kappa shape index (κ3) is 3.88. The van der Waals surface area contributed by atoms with Crippen LogP contribution in [0.25, 0.3) is 0 Å². The van der Waals surface area contributed by atoms with E-state index in [2.05, 4.69) is 0 Å². The number of rotatable bonds is 4. The van der Waals surface area contributed by atoms with Crippen molar-refractivity contribution in [1.82, 2.24) is 0 Å². The molecule has 0 spiro atoms. The van der Waals surface area contributed by atoms with Gasteiger partial charge in [0.25, 0.3) is 0 Å². The highest BCUT2D eigenvalue weighted by atomic mass is 16.1. The summed E-state index contributed by atoms with van der Waals surface area (Å²) >= 11 is 0. The molecule has 0 N–H and O–H groups in total. The molecule has 0 aliphatic rings. The summed E-state index contributed by atoms with van der Waals surface area (Å²) in [5, 5.41) is 0. The van der Waals surface area contributed by atoms with Crippen LogP contribution in [-0.4, -0.2) is 12.6 Å². The van der Waals surface area contributed by atoms with Gasteiger partial charge in [-0.1, -0.05) is 67.6 Å². The lowest BCUT2D eigenvalue weighted by Gasteiger charge is -2.15. The van der Waals surface area contributed by atoms with Gasteiger partial charge in [-0.25, -0.2) is 0 Å². The standard InChI is InChI=1S/C16H16O.CH2O/c1-2-15(17)16(13-9-5-3-6-10-13)14-11-7-4-8-12-14;1-2/h3-12,16H,2H2,1H3;1H2. The van der Waals surface area contributed by atoms with Crippen LogP contribution in [0.2, 0.25) is 0 Å². The van der Waals surface area contributed by atoms with Crippen molar-refractivity contribution in [3.8, 4) is 0 Å². The van der Waals surface area contributed by atoms with Gasteiger partial charge in [0.2, 0.25) is 0 Å². The topological polar surface area (TPSA) is 34.1 Å². The smallest absolute Gasteiger partial charge is 0.144 e. The molecule has 0 aliphatic carbocycles. The van der Waals surface area contributed by atoms with Crippen LogP contribution in [0, 0.1) is 0 Å². The van der Waals surface area contributed by atoms with Crippen LogP contribution < -0.4 is 0 Å². The summed E-state index contributed by atoms with van der Waals surface area (Å²) in [6, 6.07) is 19.9. The molecule has 0 aromatic heterocycles. The van der Waals surface area contributed by atoms with Crippen LogP contribution in [0.5, 0.6) is 0 Å². The van der Waals surface area contributed by atoms with Gasteiger partial charge in [0, 0.05) is 6.42 Å². The fourth-order valence-corrected chi connectivity index (χ4v) is 2.06. The Labute approximate surface area is 114 Å². The van der Waals surface area contributed by atoms with E-state index in [1.54, 1.807) is 0 Å². The zero-order chi connectivity index (χ0) is 14.1. The molecule has 2 aromatic carbocycles. The van der Waals surface area contributed by atoms with E-state index in [1.165, 1.54) is 0 Å². The Bertz CT molecular complexity index is 452. The SMILES string of the molecule is C=O.CCC(=O)C(c1ccccc1)c1ccccc1. The second-order valence-corrected chi connectivity index (χ2v) is 4.07. The van der Waals surface area contributed by atoms with Crippen LogP contribution in [-0.2, 0) is 9.59 Å². The lowest BCUT2D eigenvalue weighted by atomic mass is 9.87. The van der Waals surface area contributed by atoms with Crippen molar-refractivity contribution in [1.29, 1.82) is 0 Å². The number of Topliss-reactive ketones (excluding diaryl/α,β-unsaturated/α-hetero) is 1. The molecule has 2 rings (SSSR count). The normalized spacial score (nSPS) is 9.58. The summed E-state index contributed by atoms with van der Waals surface area (Å²) in [6.07, 6.45) is 0.564. The number of benzene rings is 2. The van der Waals surface area contributed by atoms with Crippen molar-refractivity contribution >= 4 is 12.6 Å². The van der Waals surface area contributed by atoms with E-state index in [0.717, 1.165) is 11.1 Å². The van der Waals surface area contributed by atoms with Gasteiger partial charge in [0.1, 0.15) is 12.6 Å². The number of carbonyl (C=O) groups is 2. The minimum atomic E-state index is -0.123. The first kappa shape index (κ1) is 14.8. The highest BCUT2D eigenvalue weighted by molar-refractivity contribution is 5.88. The Morgan fingerprint density at radius 3 is 1.58 bits per heavy atom. The summed E-state index contributed by atoms with van der Waals surface area (Å²) < 4.78 is 0. The average Bonchev–Trinajstić information content (AvgIpc) is 2.51. The van der Waals surface area contributed by atoms with Crippen LogP contribution in [0.15, 0.2) is 60.7 Å². The van der Waals surface area contributed by atoms with E-state index in [-0.39, 0.29) is 11.7 Å². The Hall–Kier alpha value is -2.22. The van der Waals surface area contributed by atoms with Crippen LogP contribution in [0.4, 0.5) is 0 Å². The first-order valence-corrected chi connectivity index (χ1v) is 6.24. The fourth-order valence-electron chi connectivity index (χ4n) is 2.06. The molecule has 0 radical (unpaired) electrons. The van der Waals surface area contributed by atoms with E-state index in [0.29, 0.717) is 6.42 Å². The summed E-state index contributed by atoms with van der Waals surface area (Å²) in [5.74, 6) is 0.143. The summed E-state index contributed by atoms with van der Waals surface area (Å²) in [6.45, 7) is 3.92. The fraction of sp³-hybridized carbons (Fsp3) is 0.176. The largest absolute Gasteiger partial charge is 0.307 e. The molecule has 0 aliphatic heterocycles. The molecule has 0 bridgehead atoms. The number of hydrogen-bond donors (Lipinski definition) is 0. The summed E-state index contributed by atoms with van der Waals surface area (Å²) in [4.78, 5) is 20.1. The summed E-state index contributed by atoms with van der Waals surface area (Å²) in [7, 11) is 0. The molecule has 2 heteroatoms. The van der Waals surface area contributed by atoms with Gasteiger partial charge in [-0.3, -0.25) is 4.79 Å². The van der Waals surface area contributed by atoms with Crippen LogP contribution in [0.1, 0.15) is 30.4 Å². The number of ketones is 1. The Balaban J connectivity index is 0.000000861. The molecule has 2 nitrogen and oxygen atoms in total. The lowest BCUT2D eigenvalue weighted by Crippen LogP contribution is -2.12. The highest BCUT2D eigenvalue weighted by Crippen LogP contribution is 2.26. The van der Waals surface area contributed by atoms with Crippen molar-refractivity contribution in [2.24, 2.45) is 0 Å². The predicted octanol–water partition coefficient (Wildman–Crippen LogP) is 3.61. The molecule has 0 atom stereocenters. The van der Waals surface area contributed by atoms with Gasteiger partial charge < -0.3 is 4.79 Å². The van der Waals surface area contributed by atoms with Crippen molar-refractivity contribution < 1.29 is 9.59 Å². The first-order valence-electron chi connectivity index (χ1n) is 6.24. The van der Waals surface area contributed by atoms with Crippen LogP contribution in [0.3, 0.4) is 0 Å². The van der Waals surface area contributed by atoms with Crippen molar-refractivity contribution in [2.75, 3.05) is 0 Å². The number of carbonyl (C=O) groups excluding carboxylic acids is 2. The van der Waals surface area contributed by atoms with Crippen molar-refractivity contribution in [3.63, 3.8) is 0 Å². The van der Waals surface area contributed by atoms with Gasteiger partial charge in [0.05, 0.1) is 5.92 Å². The molecule has 19 heavy (non-hydrogen) atoms. The van der Waals surface area contributed by atoms with Gasteiger partial charge in [0.15, 0.2) is 0 Å². The third-order valence-corrected chi connectivity index (χ3v) is 2.94. The van der Waals surface area contributed by atoms with Gasteiger partial charge >= 0.3 is 0 Å². The minimum absolute atomic E-state index is 0.123. The molecule has 0 heterocycles. The quantitative estimate of drug-likeness (QED) is 0.835. The zero-order valence-electron chi connectivity index (χ0n) is 11.1. The molecule has 98 valence electrons. The summed E-state index contributed by atoms with van der Waals surface area (Å²) in [5.41, 5.74) is 2.15. The molecule has 2 aromatic rings. The second kappa shape index (κ2) is 7.98. The lowest BCUT2D eigenvalue weighted by molar-refractivity contribution is -0.119. The van der Waals surface area contributed by atoms with Crippen LogP contribution >= 0.6 is 0 Å². The zero-order valence-corrected chi connectivity index (χ0v) is 11.1. The van der Waals surface area contributed by atoms with E-state index in [1.807, 2.05) is 74.4 Å². The van der Waals surface area contributed by atoms with E-state index < -0.39 is 0 Å². The highest BCUT2D eigenvalue weighted by Gasteiger charge is 2.20. The third-order valence-electron chi connectivity index (χ3n) is 2.94. The van der Waals surface area contributed by atoms with E-state index >= 15 is 0 Å². The average molecular weight is 254 g/mol. The predicted molar refractivity (Wildman–Crippen MR) is 77.1 cm³/mol. The van der Waals surface area contributed by atoms with Gasteiger partial charge in [-0.15, -0.1) is 0 Å². The first-order chi connectivity index (χ1) is 9.33. The molecular formula is C17H18O2. The monoisotopic (exact) mass is 254 g/mol. The number of hydrogen-bond acceptors (Lipinski definition) is 2. The van der Waals surface area contributed by atoms with E-state index in [4.69, 9.17) is 4.79 Å².